The first-order chi connectivity index (χ1) is 11.5. The second-order valence-corrected chi connectivity index (χ2v) is 6.76. The van der Waals surface area contributed by atoms with Crippen molar-refractivity contribution in [3.8, 4) is 6.07 Å². The molecule has 2 aromatic carbocycles. The van der Waals surface area contributed by atoms with E-state index in [2.05, 4.69) is 10.3 Å². The molecule has 3 rings (SSSR count). The van der Waals surface area contributed by atoms with E-state index in [1.165, 1.54) is 11.8 Å². The largest absolute Gasteiger partial charge is 0.431 e. The van der Waals surface area contributed by atoms with Crippen molar-refractivity contribution in [3.05, 3.63) is 53.1 Å². The molecule has 0 saturated carbocycles. The number of amides is 1. The molecule has 0 aliphatic rings. The number of nitrogens with one attached hydrogen (secondary N) is 1. The Hall–Kier alpha value is -2.49. The zero-order valence-corrected chi connectivity index (χ0v) is 14.2. The molecule has 1 heterocycles. The summed E-state index contributed by atoms with van der Waals surface area (Å²) < 4.78 is 5.60. The number of halogens is 1. The summed E-state index contributed by atoms with van der Waals surface area (Å²) in [5.74, 6) is -0.199. The number of fused-ring (bicyclic) bond motifs is 1. The number of oxazole rings is 1. The molecular formula is C17H12ClN3O2S. The number of rotatable bonds is 4. The van der Waals surface area contributed by atoms with Gasteiger partial charge in [0.05, 0.1) is 16.9 Å². The van der Waals surface area contributed by atoms with Gasteiger partial charge in [0.1, 0.15) is 5.52 Å². The lowest BCUT2D eigenvalue weighted by molar-refractivity contribution is -0.115. The van der Waals surface area contributed by atoms with Crippen molar-refractivity contribution >= 4 is 46.1 Å². The van der Waals surface area contributed by atoms with Crippen LogP contribution in [0.5, 0.6) is 0 Å². The fraction of sp³-hybridized carbons (Fsp3) is 0.118. The van der Waals surface area contributed by atoms with Crippen LogP contribution in [0.2, 0.25) is 5.02 Å². The number of thioether (sulfide) groups is 1. The molecule has 1 aromatic heterocycles. The zero-order chi connectivity index (χ0) is 17.1. The van der Waals surface area contributed by atoms with Crippen LogP contribution in [0.15, 0.2) is 52.1 Å². The van der Waals surface area contributed by atoms with Crippen LogP contribution in [0.1, 0.15) is 12.5 Å². The Labute approximate surface area is 147 Å². The highest BCUT2D eigenvalue weighted by Gasteiger charge is 2.18. The highest BCUT2D eigenvalue weighted by Crippen LogP contribution is 2.28. The van der Waals surface area contributed by atoms with E-state index in [9.17, 15) is 4.79 Å². The van der Waals surface area contributed by atoms with E-state index in [1.54, 1.807) is 49.4 Å². The van der Waals surface area contributed by atoms with Crippen LogP contribution in [0.4, 0.5) is 5.69 Å². The molecule has 1 atom stereocenters. The Kier molecular flexibility index (Phi) is 4.74. The minimum absolute atomic E-state index is 0.199. The maximum Gasteiger partial charge on any atom is 0.257 e. The summed E-state index contributed by atoms with van der Waals surface area (Å²) in [5, 5.41) is 12.2. The Morgan fingerprint density at radius 1 is 1.38 bits per heavy atom. The lowest BCUT2D eigenvalue weighted by Crippen LogP contribution is -2.22. The topological polar surface area (TPSA) is 78.9 Å². The average Bonchev–Trinajstić information content (AvgIpc) is 2.96. The molecule has 24 heavy (non-hydrogen) atoms. The second kappa shape index (κ2) is 6.95. The minimum atomic E-state index is -0.417. The van der Waals surface area contributed by atoms with E-state index in [1.807, 2.05) is 6.07 Å². The van der Waals surface area contributed by atoms with Crippen LogP contribution in [-0.2, 0) is 4.79 Å². The van der Waals surface area contributed by atoms with Crippen molar-refractivity contribution in [1.82, 2.24) is 4.98 Å². The summed E-state index contributed by atoms with van der Waals surface area (Å²) >= 11 is 7.13. The Morgan fingerprint density at radius 2 is 2.21 bits per heavy atom. The van der Waals surface area contributed by atoms with Gasteiger partial charge in [0, 0.05) is 16.8 Å². The monoisotopic (exact) mass is 357 g/mol. The van der Waals surface area contributed by atoms with Crippen LogP contribution >= 0.6 is 23.4 Å². The summed E-state index contributed by atoms with van der Waals surface area (Å²) in [7, 11) is 0. The van der Waals surface area contributed by atoms with Crippen LogP contribution in [-0.4, -0.2) is 16.1 Å². The summed E-state index contributed by atoms with van der Waals surface area (Å²) in [6, 6.07) is 14.0. The highest BCUT2D eigenvalue weighted by molar-refractivity contribution is 8.00. The molecule has 0 saturated heterocycles. The van der Waals surface area contributed by atoms with Crippen LogP contribution in [0.25, 0.3) is 11.1 Å². The molecule has 0 spiro atoms. The summed E-state index contributed by atoms with van der Waals surface area (Å²) in [5.41, 5.74) is 2.34. The second-order valence-electron chi connectivity index (χ2n) is 5.03. The van der Waals surface area contributed by atoms with Crippen LogP contribution < -0.4 is 5.32 Å². The lowest BCUT2D eigenvalue weighted by Gasteiger charge is -2.10. The molecule has 0 aliphatic heterocycles. The normalized spacial score (nSPS) is 11.9. The number of carbonyl (C=O) groups is 1. The number of aromatic nitrogens is 1. The van der Waals surface area contributed by atoms with Gasteiger partial charge in [-0.15, -0.1) is 0 Å². The van der Waals surface area contributed by atoms with Crippen molar-refractivity contribution in [1.29, 1.82) is 5.26 Å². The Morgan fingerprint density at radius 3 is 3.00 bits per heavy atom. The summed E-state index contributed by atoms with van der Waals surface area (Å²) in [4.78, 5) is 16.6. The van der Waals surface area contributed by atoms with Gasteiger partial charge in [-0.1, -0.05) is 29.4 Å². The summed E-state index contributed by atoms with van der Waals surface area (Å²) in [6.45, 7) is 1.76. The highest BCUT2D eigenvalue weighted by atomic mass is 35.5. The van der Waals surface area contributed by atoms with Gasteiger partial charge in [-0.05, 0) is 37.3 Å². The van der Waals surface area contributed by atoms with Crippen molar-refractivity contribution in [3.63, 3.8) is 0 Å². The van der Waals surface area contributed by atoms with E-state index < -0.39 is 5.25 Å². The fourth-order valence-electron chi connectivity index (χ4n) is 2.04. The molecule has 3 aromatic rings. The first kappa shape index (κ1) is 16.4. The van der Waals surface area contributed by atoms with Gasteiger partial charge in [0.25, 0.3) is 5.22 Å². The average molecular weight is 358 g/mol. The predicted octanol–water partition coefficient (Wildman–Crippen LogP) is 4.47. The predicted molar refractivity (Wildman–Crippen MR) is 94.1 cm³/mol. The first-order valence-electron chi connectivity index (χ1n) is 7.09. The van der Waals surface area contributed by atoms with E-state index in [-0.39, 0.29) is 5.91 Å². The van der Waals surface area contributed by atoms with E-state index in [0.29, 0.717) is 32.6 Å². The molecule has 1 N–H and O–H groups in total. The molecule has 1 amide bonds. The standard InChI is InChI=1S/C17H12ClN3O2S/c1-10(16(22)20-13-4-2-3-11(7-13)9-19)24-17-21-14-6-5-12(18)8-15(14)23-17/h2-8,10H,1H3,(H,20,22)/t10-/m1/s1. The molecule has 0 bridgehead atoms. The maximum atomic E-state index is 12.3. The molecule has 0 aliphatic carbocycles. The molecule has 5 nitrogen and oxygen atoms in total. The van der Waals surface area contributed by atoms with Crippen LogP contribution in [0.3, 0.4) is 0 Å². The number of hydrogen-bond donors (Lipinski definition) is 1. The third kappa shape index (κ3) is 3.70. The molecule has 120 valence electrons. The van der Waals surface area contributed by atoms with Gasteiger partial charge in [0.2, 0.25) is 5.91 Å². The molecule has 0 unspecified atom stereocenters. The van der Waals surface area contributed by atoms with Gasteiger partial charge in [-0.3, -0.25) is 4.79 Å². The molecule has 0 fully saturated rings. The quantitative estimate of drug-likeness (QED) is 0.697. The number of hydrogen-bond acceptors (Lipinski definition) is 5. The smallest absolute Gasteiger partial charge is 0.257 e. The maximum absolute atomic E-state index is 12.3. The molecule has 0 radical (unpaired) electrons. The number of nitrogens with zero attached hydrogens (tertiary/aromatic N) is 2. The third-order valence-electron chi connectivity index (χ3n) is 3.24. The SMILES string of the molecule is C[C@@H](Sc1nc2ccc(Cl)cc2o1)C(=O)Nc1cccc(C#N)c1. The van der Waals surface area contributed by atoms with Gasteiger partial charge in [-0.25, -0.2) is 4.98 Å². The number of nitriles is 1. The van der Waals surface area contributed by atoms with Crippen molar-refractivity contribution < 1.29 is 9.21 Å². The van der Waals surface area contributed by atoms with Crippen molar-refractivity contribution in [2.75, 3.05) is 5.32 Å². The van der Waals surface area contributed by atoms with Crippen molar-refractivity contribution in [2.24, 2.45) is 0 Å². The van der Waals surface area contributed by atoms with Gasteiger partial charge >= 0.3 is 0 Å². The van der Waals surface area contributed by atoms with E-state index in [4.69, 9.17) is 21.3 Å². The fourth-order valence-corrected chi connectivity index (χ4v) is 2.96. The zero-order valence-electron chi connectivity index (χ0n) is 12.6. The Bertz CT molecular complexity index is 948. The van der Waals surface area contributed by atoms with Gasteiger partial charge in [-0.2, -0.15) is 5.26 Å². The van der Waals surface area contributed by atoms with Gasteiger partial charge < -0.3 is 9.73 Å². The first-order valence-corrected chi connectivity index (χ1v) is 8.35. The van der Waals surface area contributed by atoms with Crippen molar-refractivity contribution in [2.45, 2.75) is 17.4 Å². The summed E-state index contributed by atoms with van der Waals surface area (Å²) in [6.07, 6.45) is 0. The lowest BCUT2D eigenvalue weighted by atomic mass is 10.2. The van der Waals surface area contributed by atoms with E-state index in [0.717, 1.165) is 0 Å². The molecule has 7 heteroatoms. The van der Waals surface area contributed by atoms with Gasteiger partial charge in [0.15, 0.2) is 5.58 Å². The van der Waals surface area contributed by atoms with E-state index >= 15 is 0 Å². The molecular weight excluding hydrogens is 346 g/mol. The Balaban J connectivity index is 1.69. The van der Waals surface area contributed by atoms with Crippen LogP contribution in [0, 0.1) is 11.3 Å². The minimum Gasteiger partial charge on any atom is -0.431 e. The third-order valence-corrected chi connectivity index (χ3v) is 4.42. The number of anilines is 1. The number of benzene rings is 2. The number of carbonyl (C=O) groups excluding carboxylic acids is 1.